The van der Waals surface area contributed by atoms with Crippen LogP contribution in [0.3, 0.4) is 0 Å². The first-order valence-electron chi connectivity index (χ1n) is 10.5. The van der Waals surface area contributed by atoms with E-state index in [1.165, 1.54) is 0 Å². The first kappa shape index (κ1) is 19.3. The van der Waals surface area contributed by atoms with E-state index in [2.05, 4.69) is 40.2 Å². The van der Waals surface area contributed by atoms with Gasteiger partial charge in [-0.25, -0.2) is 4.98 Å². The number of benzene rings is 1. The maximum Gasteiger partial charge on any atom is 0.293 e. The standard InChI is InChI=1S/C24H23N5O2/c1-15-6-3-4-8-19(15)22-20-14-28(23-17(11-25)7-5-9-26-23)12-18(20)13-29(22)24(30)21-10-16(2)27-31-21/h3-10,18,20,22H,12-14H2,1-2H3/t18-,20-,22-/m0/s1. The fourth-order valence-corrected chi connectivity index (χ4v) is 5.09. The lowest BCUT2D eigenvalue weighted by molar-refractivity contribution is 0.0673. The van der Waals surface area contributed by atoms with E-state index in [1.807, 2.05) is 24.0 Å². The fraction of sp³-hybridized carbons (Fsp3) is 0.333. The molecule has 2 aliphatic heterocycles. The van der Waals surface area contributed by atoms with Crippen LogP contribution in [0.15, 0.2) is 53.2 Å². The van der Waals surface area contributed by atoms with E-state index in [0.717, 1.165) is 30.0 Å². The molecule has 3 aromatic rings. The predicted molar refractivity (Wildman–Crippen MR) is 114 cm³/mol. The zero-order valence-electron chi connectivity index (χ0n) is 17.5. The van der Waals surface area contributed by atoms with Crippen molar-refractivity contribution in [3.63, 3.8) is 0 Å². The summed E-state index contributed by atoms with van der Waals surface area (Å²) in [5.74, 6) is 1.41. The zero-order chi connectivity index (χ0) is 21.5. The van der Waals surface area contributed by atoms with E-state index in [4.69, 9.17) is 4.52 Å². The van der Waals surface area contributed by atoms with Crippen LogP contribution in [0.25, 0.3) is 0 Å². The van der Waals surface area contributed by atoms with Gasteiger partial charge in [0.05, 0.1) is 17.3 Å². The smallest absolute Gasteiger partial charge is 0.293 e. The lowest BCUT2D eigenvalue weighted by atomic mass is 9.87. The molecule has 0 N–H and O–H groups in total. The normalized spacial score (nSPS) is 22.4. The summed E-state index contributed by atoms with van der Waals surface area (Å²) in [6, 6.07) is 15.7. The average molecular weight is 413 g/mol. The summed E-state index contributed by atoms with van der Waals surface area (Å²) in [4.78, 5) is 22.0. The summed E-state index contributed by atoms with van der Waals surface area (Å²) < 4.78 is 5.30. The van der Waals surface area contributed by atoms with Crippen molar-refractivity contribution in [2.45, 2.75) is 19.9 Å². The van der Waals surface area contributed by atoms with Gasteiger partial charge in [-0.2, -0.15) is 5.26 Å². The Hall–Kier alpha value is -3.66. The molecular weight excluding hydrogens is 390 g/mol. The van der Waals surface area contributed by atoms with Crippen molar-refractivity contribution in [2.75, 3.05) is 24.5 Å². The van der Waals surface area contributed by atoms with E-state index < -0.39 is 0 Å². The fourth-order valence-electron chi connectivity index (χ4n) is 5.09. The Balaban J connectivity index is 1.51. The largest absolute Gasteiger partial charge is 0.355 e. The van der Waals surface area contributed by atoms with Gasteiger partial charge in [-0.3, -0.25) is 4.79 Å². The molecule has 2 aromatic heterocycles. The molecule has 2 saturated heterocycles. The number of carbonyl (C=O) groups is 1. The SMILES string of the molecule is Cc1cc(C(=O)N2C[C@@H]3CN(c4ncccc4C#N)C[C@@H]3[C@@H]2c2ccccc2C)on1. The Labute approximate surface area is 180 Å². The van der Waals surface area contributed by atoms with Crippen molar-refractivity contribution >= 4 is 11.7 Å². The molecule has 0 unspecified atom stereocenters. The molecule has 0 spiro atoms. The molecule has 1 aromatic carbocycles. The summed E-state index contributed by atoms with van der Waals surface area (Å²) in [6.45, 7) is 6.04. The molecule has 2 fully saturated rings. The number of anilines is 1. The molecule has 7 nitrogen and oxygen atoms in total. The van der Waals surface area contributed by atoms with Crippen LogP contribution in [0.5, 0.6) is 0 Å². The number of aryl methyl sites for hydroxylation is 2. The number of carbonyl (C=O) groups excluding carboxylic acids is 1. The summed E-state index contributed by atoms with van der Waals surface area (Å²) in [5, 5.41) is 13.4. The number of aromatic nitrogens is 2. The summed E-state index contributed by atoms with van der Waals surface area (Å²) in [6.07, 6.45) is 1.73. The maximum absolute atomic E-state index is 13.4. The highest BCUT2D eigenvalue weighted by atomic mass is 16.5. The molecular formula is C24H23N5O2. The Morgan fingerprint density at radius 2 is 2.00 bits per heavy atom. The maximum atomic E-state index is 13.4. The topological polar surface area (TPSA) is 86.3 Å². The molecule has 31 heavy (non-hydrogen) atoms. The molecule has 0 radical (unpaired) electrons. The number of hydrogen-bond acceptors (Lipinski definition) is 6. The average Bonchev–Trinajstić information content (AvgIpc) is 3.48. The number of likely N-dealkylation sites (tertiary alicyclic amines) is 1. The quantitative estimate of drug-likeness (QED) is 0.653. The van der Waals surface area contributed by atoms with Gasteiger partial charge in [-0.15, -0.1) is 0 Å². The van der Waals surface area contributed by atoms with Gasteiger partial charge in [0.15, 0.2) is 0 Å². The van der Waals surface area contributed by atoms with Crippen LogP contribution in [0.2, 0.25) is 0 Å². The first-order valence-corrected chi connectivity index (χ1v) is 10.5. The Bertz CT molecular complexity index is 1180. The van der Waals surface area contributed by atoms with Crippen LogP contribution in [0.1, 0.15) is 39.0 Å². The number of hydrogen-bond donors (Lipinski definition) is 0. The van der Waals surface area contributed by atoms with E-state index in [9.17, 15) is 10.1 Å². The minimum atomic E-state index is -0.120. The third-order valence-electron chi connectivity index (χ3n) is 6.48. The van der Waals surface area contributed by atoms with Gasteiger partial charge in [0.25, 0.3) is 5.91 Å². The van der Waals surface area contributed by atoms with Crippen molar-refractivity contribution in [1.29, 1.82) is 5.26 Å². The second-order valence-corrected chi connectivity index (χ2v) is 8.41. The van der Waals surface area contributed by atoms with Gasteiger partial charge >= 0.3 is 0 Å². The number of pyridine rings is 1. The number of fused-ring (bicyclic) bond motifs is 1. The molecule has 0 bridgehead atoms. The Kier molecular flexibility index (Phi) is 4.70. The summed E-state index contributed by atoms with van der Waals surface area (Å²) >= 11 is 0. The number of amides is 1. The summed E-state index contributed by atoms with van der Waals surface area (Å²) in [7, 11) is 0. The van der Waals surface area contributed by atoms with Crippen LogP contribution < -0.4 is 4.90 Å². The van der Waals surface area contributed by atoms with Gasteiger partial charge < -0.3 is 14.3 Å². The molecule has 7 heteroatoms. The van der Waals surface area contributed by atoms with Gasteiger partial charge in [0, 0.05) is 43.7 Å². The van der Waals surface area contributed by atoms with Crippen LogP contribution in [0, 0.1) is 37.0 Å². The second-order valence-electron chi connectivity index (χ2n) is 8.41. The molecule has 156 valence electrons. The highest BCUT2D eigenvalue weighted by Gasteiger charge is 2.50. The monoisotopic (exact) mass is 413 g/mol. The third kappa shape index (κ3) is 3.25. The van der Waals surface area contributed by atoms with E-state index in [0.29, 0.717) is 17.8 Å². The number of rotatable bonds is 3. The lowest BCUT2D eigenvalue weighted by Gasteiger charge is -2.30. The van der Waals surface area contributed by atoms with Crippen molar-refractivity contribution in [2.24, 2.45) is 11.8 Å². The van der Waals surface area contributed by atoms with Crippen molar-refractivity contribution in [3.05, 3.63) is 76.8 Å². The first-order chi connectivity index (χ1) is 15.1. The van der Waals surface area contributed by atoms with Gasteiger partial charge in [0.1, 0.15) is 11.9 Å². The van der Waals surface area contributed by atoms with Crippen molar-refractivity contribution < 1.29 is 9.32 Å². The molecule has 3 atom stereocenters. The van der Waals surface area contributed by atoms with Gasteiger partial charge in [-0.05, 0) is 37.1 Å². The predicted octanol–water partition coefficient (Wildman–Crippen LogP) is 3.51. The van der Waals surface area contributed by atoms with Crippen LogP contribution >= 0.6 is 0 Å². The van der Waals surface area contributed by atoms with Crippen molar-refractivity contribution in [1.82, 2.24) is 15.0 Å². The zero-order valence-corrected chi connectivity index (χ0v) is 17.5. The van der Waals surface area contributed by atoms with Gasteiger partial charge in [-0.1, -0.05) is 29.4 Å². The van der Waals surface area contributed by atoms with Crippen LogP contribution in [0.4, 0.5) is 5.82 Å². The van der Waals surface area contributed by atoms with E-state index >= 15 is 0 Å². The lowest BCUT2D eigenvalue weighted by Crippen LogP contribution is -2.36. The number of nitriles is 1. The molecule has 2 aliphatic rings. The minimum Gasteiger partial charge on any atom is -0.355 e. The molecule has 0 saturated carbocycles. The molecule has 5 rings (SSSR count). The van der Waals surface area contributed by atoms with E-state index in [1.54, 1.807) is 24.4 Å². The second kappa shape index (κ2) is 7.55. The Morgan fingerprint density at radius 3 is 2.74 bits per heavy atom. The Morgan fingerprint density at radius 1 is 1.16 bits per heavy atom. The highest BCUT2D eigenvalue weighted by molar-refractivity contribution is 5.92. The van der Waals surface area contributed by atoms with E-state index in [-0.39, 0.29) is 29.5 Å². The molecule has 0 aliphatic carbocycles. The molecule has 4 heterocycles. The third-order valence-corrected chi connectivity index (χ3v) is 6.48. The highest BCUT2D eigenvalue weighted by Crippen LogP contribution is 2.47. The van der Waals surface area contributed by atoms with Crippen LogP contribution in [-0.4, -0.2) is 40.6 Å². The van der Waals surface area contributed by atoms with Crippen LogP contribution in [-0.2, 0) is 0 Å². The van der Waals surface area contributed by atoms with Gasteiger partial charge in [0.2, 0.25) is 5.76 Å². The molecule has 1 amide bonds. The summed E-state index contributed by atoms with van der Waals surface area (Å²) in [5.41, 5.74) is 3.59. The number of nitrogens with zero attached hydrogens (tertiary/aromatic N) is 5. The van der Waals surface area contributed by atoms with Crippen molar-refractivity contribution in [3.8, 4) is 6.07 Å². The minimum absolute atomic E-state index is 0.0663.